The SMILES string of the molecule is O=C(NCCSc1ccc(Cl)cc1)c1ccc(=O)n(Cc2ccccc2)n1. The van der Waals surface area contributed by atoms with Crippen molar-refractivity contribution < 1.29 is 4.79 Å². The summed E-state index contributed by atoms with van der Waals surface area (Å²) in [7, 11) is 0. The van der Waals surface area contributed by atoms with E-state index in [2.05, 4.69) is 10.4 Å². The molecule has 0 spiro atoms. The van der Waals surface area contributed by atoms with Gasteiger partial charge in [0.25, 0.3) is 11.5 Å². The van der Waals surface area contributed by atoms with E-state index in [-0.39, 0.29) is 17.2 Å². The molecule has 7 heteroatoms. The Morgan fingerprint density at radius 3 is 2.52 bits per heavy atom. The smallest absolute Gasteiger partial charge is 0.271 e. The molecule has 3 rings (SSSR count). The van der Waals surface area contributed by atoms with E-state index in [9.17, 15) is 9.59 Å². The predicted molar refractivity (Wildman–Crippen MR) is 109 cm³/mol. The highest BCUT2D eigenvalue weighted by Crippen LogP contribution is 2.19. The summed E-state index contributed by atoms with van der Waals surface area (Å²) in [5.41, 5.74) is 0.930. The van der Waals surface area contributed by atoms with Gasteiger partial charge in [-0.15, -0.1) is 11.8 Å². The number of carbonyl (C=O) groups excluding carboxylic acids is 1. The van der Waals surface area contributed by atoms with E-state index in [1.54, 1.807) is 11.8 Å². The molecule has 0 fully saturated rings. The highest BCUT2D eigenvalue weighted by atomic mass is 35.5. The number of hydrogen-bond donors (Lipinski definition) is 1. The third-order valence-corrected chi connectivity index (χ3v) is 5.01. The van der Waals surface area contributed by atoms with E-state index in [1.165, 1.54) is 16.8 Å². The molecule has 0 aliphatic heterocycles. The normalized spacial score (nSPS) is 10.6. The lowest BCUT2D eigenvalue weighted by molar-refractivity contribution is 0.0948. The summed E-state index contributed by atoms with van der Waals surface area (Å²) in [5.74, 6) is 0.422. The van der Waals surface area contributed by atoms with E-state index in [0.717, 1.165) is 16.2 Å². The van der Waals surface area contributed by atoms with Gasteiger partial charge in [0.2, 0.25) is 0 Å². The van der Waals surface area contributed by atoms with Crippen LogP contribution in [0.3, 0.4) is 0 Å². The Hall–Kier alpha value is -2.57. The number of thioether (sulfide) groups is 1. The largest absolute Gasteiger partial charge is 0.350 e. The summed E-state index contributed by atoms with van der Waals surface area (Å²) in [5, 5.41) is 7.71. The Balaban J connectivity index is 1.55. The first-order valence-electron chi connectivity index (χ1n) is 8.40. The second-order valence-corrected chi connectivity index (χ2v) is 7.36. The van der Waals surface area contributed by atoms with Crippen LogP contribution in [0.5, 0.6) is 0 Å². The highest BCUT2D eigenvalue weighted by Gasteiger charge is 2.09. The number of amides is 1. The maximum Gasteiger partial charge on any atom is 0.271 e. The van der Waals surface area contributed by atoms with Crippen LogP contribution < -0.4 is 10.9 Å². The van der Waals surface area contributed by atoms with Gasteiger partial charge in [-0.05, 0) is 35.9 Å². The van der Waals surface area contributed by atoms with Crippen LogP contribution in [-0.2, 0) is 6.54 Å². The summed E-state index contributed by atoms with van der Waals surface area (Å²) in [6.45, 7) is 0.818. The standard InChI is InChI=1S/C20H18ClN3O2S/c21-16-6-8-17(9-7-16)27-13-12-22-20(26)18-10-11-19(25)24(23-18)14-15-4-2-1-3-5-15/h1-11H,12-14H2,(H,22,26). The van der Waals surface area contributed by atoms with Gasteiger partial charge in [-0.2, -0.15) is 5.10 Å². The average molecular weight is 400 g/mol. The van der Waals surface area contributed by atoms with Gasteiger partial charge in [-0.3, -0.25) is 9.59 Å². The summed E-state index contributed by atoms with van der Waals surface area (Å²) < 4.78 is 1.30. The van der Waals surface area contributed by atoms with Crippen LogP contribution in [0, 0.1) is 0 Å². The maximum absolute atomic E-state index is 12.3. The minimum atomic E-state index is -0.298. The van der Waals surface area contributed by atoms with Gasteiger partial charge >= 0.3 is 0 Å². The molecule has 1 N–H and O–H groups in total. The molecule has 0 unspecified atom stereocenters. The number of aromatic nitrogens is 2. The number of hydrogen-bond acceptors (Lipinski definition) is 4. The maximum atomic E-state index is 12.3. The lowest BCUT2D eigenvalue weighted by atomic mass is 10.2. The Morgan fingerprint density at radius 2 is 1.78 bits per heavy atom. The Morgan fingerprint density at radius 1 is 1.04 bits per heavy atom. The number of benzene rings is 2. The number of carbonyl (C=O) groups is 1. The zero-order valence-corrected chi connectivity index (χ0v) is 16.0. The van der Waals surface area contributed by atoms with E-state index in [0.29, 0.717) is 18.1 Å². The fourth-order valence-electron chi connectivity index (χ4n) is 2.39. The first kappa shape index (κ1) is 19.2. The predicted octanol–water partition coefficient (Wildman–Crippen LogP) is 3.47. The molecule has 1 heterocycles. The molecule has 1 aromatic heterocycles. The lowest BCUT2D eigenvalue weighted by Gasteiger charge is -2.08. The van der Waals surface area contributed by atoms with Gasteiger partial charge in [-0.25, -0.2) is 4.68 Å². The number of rotatable bonds is 7. The van der Waals surface area contributed by atoms with Crippen molar-refractivity contribution in [3.05, 3.63) is 93.4 Å². The van der Waals surface area contributed by atoms with Gasteiger partial charge in [0.1, 0.15) is 5.69 Å². The van der Waals surface area contributed by atoms with E-state index < -0.39 is 0 Å². The summed E-state index contributed by atoms with van der Waals surface area (Å²) in [4.78, 5) is 25.4. The van der Waals surface area contributed by atoms with Crippen molar-refractivity contribution in [3.8, 4) is 0 Å². The van der Waals surface area contributed by atoms with Crippen molar-refractivity contribution in [3.63, 3.8) is 0 Å². The second-order valence-electron chi connectivity index (χ2n) is 5.76. The zero-order chi connectivity index (χ0) is 19.1. The quantitative estimate of drug-likeness (QED) is 0.488. The number of halogens is 1. The molecule has 0 saturated heterocycles. The van der Waals surface area contributed by atoms with Crippen molar-refractivity contribution >= 4 is 29.3 Å². The second kappa shape index (κ2) is 9.39. The Labute approximate surface area is 166 Å². The minimum Gasteiger partial charge on any atom is -0.350 e. The first-order chi connectivity index (χ1) is 13.1. The van der Waals surface area contributed by atoms with Crippen LogP contribution in [0.2, 0.25) is 5.02 Å². The van der Waals surface area contributed by atoms with Crippen molar-refractivity contribution in [2.45, 2.75) is 11.4 Å². The van der Waals surface area contributed by atoms with Crippen LogP contribution in [0.1, 0.15) is 16.1 Å². The van der Waals surface area contributed by atoms with Crippen molar-refractivity contribution in [2.75, 3.05) is 12.3 Å². The topological polar surface area (TPSA) is 64.0 Å². The molecule has 2 aromatic carbocycles. The third-order valence-electron chi connectivity index (χ3n) is 3.74. The van der Waals surface area contributed by atoms with Gasteiger partial charge in [0.05, 0.1) is 6.54 Å². The van der Waals surface area contributed by atoms with Crippen molar-refractivity contribution in [1.29, 1.82) is 0 Å². The van der Waals surface area contributed by atoms with Crippen LogP contribution in [0.25, 0.3) is 0 Å². The fourth-order valence-corrected chi connectivity index (χ4v) is 3.29. The molecular weight excluding hydrogens is 382 g/mol. The molecular formula is C20H18ClN3O2S. The zero-order valence-electron chi connectivity index (χ0n) is 14.5. The van der Waals surface area contributed by atoms with Crippen molar-refractivity contribution in [2.24, 2.45) is 0 Å². The molecule has 0 aliphatic carbocycles. The molecule has 3 aromatic rings. The molecule has 0 saturated carbocycles. The van der Waals surface area contributed by atoms with Crippen LogP contribution in [-0.4, -0.2) is 28.0 Å². The van der Waals surface area contributed by atoms with Crippen LogP contribution in [0.15, 0.2) is 76.4 Å². The van der Waals surface area contributed by atoms with E-state index in [4.69, 9.17) is 11.6 Å². The highest BCUT2D eigenvalue weighted by molar-refractivity contribution is 7.99. The molecule has 5 nitrogen and oxygen atoms in total. The first-order valence-corrected chi connectivity index (χ1v) is 9.77. The lowest BCUT2D eigenvalue weighted by Crippen LogP contribution is -2.31. The van der Waals surface area contributed by atoms with Gasteiger partial charge in [0.15, 0.2) is 0 Å². The molecule has 0 atom stereocenters. The van der Waals surface area contributed by atoms with Gasteiger partial charge < -0.3 is 5.32 Å². The summed E-state index contributed by atoms with van der Waals surface area (Å²) in [6.07, 6.45) is 0. The molecule has 0 radical (unpaired) electrons. The van der Waals surface area contributed by atoms with Crippen molar-refractivity contribution in [1.82, 2.24) is 15.1 Å². The van der Waals surface area contributed by atoms with Gasteiger partial charge in [0, 0.05) is 28.3 Å². The minimum absolute atomic E-state index is 0.224. The monoisotopic (exact) mass is 399 g/mol. The summed E-state index contributed by atoms with van der Waals surface area (Å²) in [6, 6.07) is 19.9. The Kier molecular flexibility index (Phi) is 6.68. The third kappa shape index (κ3) is 5.70. The number of nitrogens with zero attached hydrogens (tertiary/aromatic N) is 2. The number of nitrogens with one attached hydrogen (secondary N) is 1. The average Bonchev–Trinajstić information content (AvgIpc) is 2.69. The van der Waals surface area contributed by atoms with E-state index >= 15 is 0 Å². The van der Waals surface area contributed by atoms with E-state index in [1.807, 2.05) is 54.6 Å². The Bertz CT molecular complexity index is 959. The summed E-state index contributed by atoms with van der Waals surface area (Å²) >= 11 is 7.48. The van der Waals surface area contributed by atoms with Crippen LogP contribution in [0.4, 0.5) is 0 Å². The molecule has 1 amide bonds. The van der Waals surface area contributed by atoms with Gasteiger partial charge in [-0.1, -0.05) is 41.9 Å². The molecule has 138 valence electrons. The molecule has 0 bridgehead atoms. The fraction of sp³-hybridized carbons (Fsp3) is 0.150. The van der Waals surface area contributed by atoms with Crippen LogP contribution >= 0.6 is 23.4 Å². The molecule has 27 heavy (non-hydrogen) atoms. The molecule has 0 aliphatic rings.